The number of ether oxygens (including phenoxy) is 1. The molecule has 0 radical (unpaired) electrons. The average molecular weight is 499 g/mol. The summed E-state index contributed by atoms with van der Waals surface area (Å²) in [6.07, 6.45) is 4.24. The molecule has 2 aliphatic carbocycles. The summed E-state index contributed by atoms with van der Waals surface area (Å²) >= 11 is 6.12. The van der Waals surface area contributed by atoms with Gasteiger partial charge in [-0.2, -0.15) is 0 Å². The number of carboxylic acids is 1. The number of carboxylic acid groups (broad SMARTS) is 1. The fourth-order valence-corrected chi connectivity index (χ4v) is 6.60. The number of anilines is 2. The summed E-state index contributed by atoms with van der Waals surface area (Å²) in [6, 6.07) is 8.99. The van der Waals surface area contributed by atoms with Crippen molar-refractivity contribution in [3.63, 3.8) is 0 Å². The lowest BCUT2D eigenvalue weighted by molar-refractivity contribution is -0.157. The number of carbonyl (C=O) groups is 2. The van der Waals surface area contributed by atoms with E-state index in [0.29, 0.717) is 22.9 Å². The fourth-order valence-electron chi connectivity index (χ4n) is 6.43. The average Bonchev–Trinajstić information content (AvgIpc) is 2.78. The molecule has 2 amide bonds. The first-order valence-corrected chi connectivity index (χ1v) is 12.7. The molecule has 0 bridgehead atoms. The highest BCUT2D eigenvalue weighted by atomic mass is 35.5. The van der Waals surface area contributed by atoms with Crippen molar-refractivity contribution in [3.8, 4) is 5.75 Å². The number of nitrogens with one attached hydrogen (secondary N) is 2. The van der Waals surface area contributed by atoms with Crippen LogP contribution in [0.5, 0.6) is 5.75 Å². The Morgan fingerprint density at radius 1 is 1.11 bits per heavy atom. The van der Waals surface area contributed by atoms with Crippen molar-refractivity contribution < 1.29 is 19.4 Å². The lowest BCUT2D eigenvalue weighted by Gasteiger charge is -2.53. The number of aliphatic carboxylic acids is 1. The molecule has 1 saturated carbocycles. The van der Waals surface area contributed by atoms with Crippen molar-refractivity contribution in [2.45, 2.75) is 71.1 Å². The van der Waals surface area contributed by atoms with Crippen LogP contribution in [0.1, 0.15) is 76.0 Å². The second-order valence-electron chi connectivity index (χ2n) is 10.8. The van der Waals surface area contributed by atoms with Crippen molar-refractivity contribution in [1.29, 1.82) is 0 Å². The quantitative estimate of drug-likeness (QED) is 0.406. The van der Waals surface area contributed by atoms with Crippen LogP contribution in [0.15, 0.2) is 30.3 Å². The SMILES string of the molecule is COc1ccc(Cl)cc1NC(=O)Nc1cc2c(cc1C(C)C)CC[C@H]1[C@](C)(C(=O)O)CCC[C@]21C. The molecule has 6 nitrogen and oxygen atoms in total. The van der Waals surface area contributed by atoms with E-state index < -0.39 is 11.4 Å². The van der Waals surface area contributed by atoms with E-state index in [1.807, 2.05) is 6.92 Å². The molecule has 188 valence electrons. The first kappa shape index (κ1) is 25.4. The van der Waals surface area contributed by atoms with Crippen molar-refractivity contribution in [2.75, 3.05) is 17.7 Å². The fraction of sp³-hybridized carbons (Fsp3) is 0.500. The van der Waals surface area contributed by atoms with Gasteiger partial charge in [0.1, 0.15) is 5.75 Å². The Labute approximate surface area is 212 Å². The molecule has 2 aliphatic rings. The topological polar surface area (TPSA) is 87.7 Å². The van der Waals surface area contributed by atoms with Gasteiger partial charge in [-0.3, -0.25) is 4.79 Å². The lowest BCUT2D eigenvalue weighted by Crippen LogP contribution is -2.52. The van der Waals surface area contributed by atoms with E-state index in [2.05, 4.69) is 43.5 Å². The van der Waals surface area contributed by atoms with Crippen LogP contribution in [0.4, 0.5) is 16.2 Å². The molecule has 0 aliphatic heterocycles. The zero-order valence-electron chi connectivity index (χ0n) is 21.1. The van der Waals surface area contributed by atoms with E-state index in [0.717, 1.165) is 36.9 Å². The van der Waals surface area contributed by atoms with E-state index >= 15 is 0 Å². The monoisotopic (exact) mass is 498 g/mol. The molecule has 7 heteroatoms. The first-order valence-electron chi connectivity index (χ1n) is 12.3. The number of hydrogen-bond donors (Lipinski definition) is 3. The molecule has 0 heterocycles. The first-order chi connectivity index (χ1) is 16.5. The van der Waals surface area contributed by atoms with Gasteiger partial charge in [0, 0.05) is 10.7 Å². The highest BCUT2D eigenvalue weighted by Crippen LogP contribution is 2.58. The molecular weight excluding hydrogens is 464 g/mol. The molecule has 1 fully saturated rings. The summed E-state index contributed by atoms with van der Waals surface area (Å²) in [7, 11) is 1.54. The molecule has 4 rings (SSSR count). The van der Waals surface area contributed by atoms with E-state index in [1.54, 1.807) is 25.3 Å². The Morgan fingerprint density at radius 2 is 1.83 bits per heavy atom. The predicted molar refractivity (Wildman–Crippen MR) is 140 cm³/mol. The number of aryl methyl sites for hydroxylation is 1. The lowest BCUT2D eigenvalue weighted by atomic mass is 9.49. The minimum atomic E-state index is -0.741. The number of amides is 2. The molecule has 0 aromatic heterocycles. The second kappa shape index (κ2) is 9.38. The van der Waals surface area contributed by atoms with Crippen molar-refractivity contribution >= 4 is 35.0 Å². The van der Waals surface area contributed by atoms with E-state index in [9.17, 15) is 14.7 Å². The van der Waals surface area contributed by atoms with Crippen molar-refractivity contribution in [1.82, 2.24) is 0 Å². The van der Waals surface area contributed by atoms with Gasteiger partial charge in [0.05, 0.1) is 18.2 Å². The van der Waals surface area contributed by atoms with Gasteiger partial charge in [-0.15, -0.1) is 0 Å². The highest BCUT2D eigenvalue weighted by molar-refractivity contribution is 6.31. The number of rotatable bonds is 5. The summed E-state index contributed by atoms with van der Waals surface area (Å²) in [4.78, 5) is 25.4. The summed E-state index contributed by atoms with van der Waals surface area (Å²) in [5.74, 6) is 0.0713. The third-order valence-electron chi connectivity index (χ3n) is 8.29. The minimum Gasteiger partial charge on any atom is -0.495 e. The number of methoxy groups -OCH3 is 1. The highest BCUT2D eigenvalue weighted by Gasteiger charge is 2.55. The number of carbonyl (C=O) groups excluding carboxylic acids is 1. The molecule has 0 spiro atoms. The van der Waals surface area contributed by atoms with Crippen LogP contribution in [-0.4, -0.2) is 24.2 Å². The largest absolute Gasteiger partial charge is 0.495 e. The van der Waals surface area contributed by atoms with Crippen molar-refractivity contribution in [2.24, 2.45) is 11.3 Å². The molecule has 0 unspecified atom stereocenters. The predicted octanol–water partition coefficient (Wildman–Crippen LogP) is 7.21. The van der Waals surface area contributed by atoms with Crippen LogP contribution < -0.4 is 15.4 Å². The molecule has 3 N–H and O–H groups in total. The summed E-state index contributed by atoms with van der Waals surface area (Å²) in [5, 5.41) is 16.5. The van der Waals surface area contributed by atoms with Gasteiger partial charge in [-0.1, -0.05) is 44.9 Å². The third kappa shape index (κ3) is 4.49. The van der Waals surface area contributed by atoms with E-state index in [-0.39, 0.29) is 23.3 Å². The summed E-state index contributed by atoms with van der Waals surface area (Å²) in [5.41, 5.74) is 3.74. The Morgan fingerprint density at radius 3 is 2.49 bits per heavy atom. The molecule has 35 heavy (non-hydrogen) atoms. The minimum absolute atomic E-state index is 0.0519. The maximum absolute atomic E-state index is 13.1. The van der Waals surface area contributed by atoms with Crippen LogP contribution in [0.2, 0.25) is 5.02 Å². The maximum Gasteiger partial charge on any atom is 0.323 e. The van der Waals surface area contributed by atoms with Crippen LogP contribution in [0.3, 0.4) is 0 Å². The van der Waals surface area contributed by atoms with Gasteiger partial charge in [-0.25, -0.2) is 4.79 Å². The Hall–Kier alpha value is -2.73. The van der Waals surface area contributed by atoms with Crippen LogP contribution in [-0.2, 0) is 16.6 Å². The standard InChI is InChI=1S/C28H35ClN2O4/c1-16(2)19-13-17-7-10-24-27(3,11-6-12-28(24,4)25(32)33)20(17)15-21(19)30-26(34)31-22-14-18(29)8-9-23(22)35-5/h8-9,13-16,24H,6-7,10-12H2,1-5H3,(H,32,33)(H2,30,31,34)/t24-,27-,28-/m1/s1. The maximum atomic E-state index is 13.1. The van der Waals surface area contributed by atoms with Gasteiger partial charge < -0.3 is 20.5 Å². The zero-order valence-corrected chi connectivity index (χ0v) is 21.9. The molecular formula is C28H35ClN2O4. The van der Waals surface area contributed by atoms with Gasteiger partial charge >= 0.3 is 12.0 Å². The van der Waals surface area contributed by atoms with Gasteiger partial charge in [0.2, 0.25) is 0 Å². The van der Waals surface area contributed by atoms with Crippen molar-refractivity contribution in [3.05, 3.63) is 52.0 Å². The Bertz CT molecular complexity index is 1160. The zero-order chi connectivity index (χ0) is 25.5. The number of urea groups is 1. The normalized spacial score (nSPS) is 25.4. The smallest absolute Gasteiger partial charge is 0.323 e. The number of fused-ring (bicyclic) bond motifs is 3. The molecule has 0 saturated heterocycles. The van der Waals surface area contributed by atoms with Crippen LogP contribution in [0.25, 0.3) is 0 Å². The number of hydrogen-bond acceptors (Lipinski definition) is 3. The summed E-state index contributed by atoms with van der Waals surface area (Å²) < 4.78 is 5.35. The second-order valence-corrected chi connectivity index (χ2v) is 11.2. The van der Waals surface area contributed by atoms with Gasteiger partial charge in [0.25, 0.3) is 0 Å². The number of halogens is 1. The Balaban J connectivity index is 1.71. The molecule has 3 atom stereocenters. The van der Waals surface area contributed by atoms with E-state index in [4.69, 9.17) is 16.3 Å². The molecule has 2 aromatic rings. The van der Waals surface area contributed by atoms with Crippen LogP contribution >= 0.6 is 11.6 Å². The van der Waals surface area contributed by atoms with Crippen LogP contribution in [0, 0.1) is 11.3 Å². The molecule has 2 aromatic carbocycles. The van der Waals surface area contributed by atoms with E-state index in [1.165, 1.54) is 11.1 Å². The van der Waals surface area contributed by atoms with Gasteiger partial charge in [-0.05, 0) is 90.8 Å². The Kier molecular flexibility index (Phi) is 6.80. The third-order valence-corrected chi connectivity index (χ3v) is 8.53. The van der Waals surface area contributed by atoms with Gasteiger partial charge in [0.15, 0.2) is 0 Å². The number of benzene rings is 2. The summed E-state index contributed by atoms with van der Waals surface area (Å²) in [6.45, 7) is 8.35.